The standard InChI is InChI=1S/C24H32N2O2/c1-3-5-11-25-15-21-13-19(7-9-23(21)27-17-25)20-8-10-24-22(14-20)16-26(18-28-24)12-6-4-2/h7-10,13-14H,3-6,11-12,15-18H2,1-2H3. The minimum absolute atomic E-state index is 0.704. The van der Waals surface area contributed by atoms with Gasteiger partial charge >= 0.3 is 0 Å². The third-order valence-electron chi connectivity index (χ3n) is 5.70. The normalized spacial score (nSPS) is 16.8. The van der Waals surface area contributed by atoms with E-state index in [1.165, 1.54) is 47.9 Å². The average Bonchev–Trinajstić information content (AvgIpc) is 2.75. The van der Waals surface area contributed by atoms with Gasteiger partial charge in [-0.05, 0) is 48.2 Å². The Morgan fingerprint density at radius 3 is 1.61 bits per heavy atom. The highest BCUT2D eigenvalue weighted by atomic mass is 16.5. The maximum Gasteiger partial charge on any atom is 0.142 e. The summed E-state index contributed by atoms with van der Waals surface area (Å²) in [5, 5.41) is 0. The lowest BCUT2D eigenvalue weighted by Gasteiger charge is -2.30. The van der Waals surface area contributed by atoms with Gasteiger partial charge in [0.25, 0.3) is 0 Å². The smallest absolute Gasteiger partial charge is 0.142 e. The third-order valence-corrected chi connectivity index (χ3v) is 5.70. The number of nitrogens with zero attached hydrogens (tertiary/aromatic N) is 2. The molecule has 150 valence electrons. The Hall–Kier alpha value is -2.04. The molecule has 4 heteroatoms. The number of hydrogen-bond acceptors (Lipinski definition) is 4. The van der Waals surface area contributed by atoms with Crippen molar-refractivity contribution in [1.29, 1.82) is 0 Å². The fourth-order valence-corrected chi connectivity index (χ4v) is 3.99. The van der Waals surface area contributed by atoms with Crippen LogP contribution in [-0.2, 0) is 13.1 Å². The summed E-state index contributed by atoms with van der Waals surface area (Å²) < 4.78 is 11.9. The first kappa shape index (κ1) is 19.3. The van der Waals surface area contributed by atoms with Crippen molar-refractivity contribution < 1.29 is 9.47 Å². The van der Waals surface area contributed by atoms with Gasteiger partial charge in [-0.15, -0.1) is 0 Å². The summed E-state index contributed by atoms with van der Waals surface area (Å²) >= 11 is 0. The van der Waals surface area contributed by atoms with E-state index in [1.54, 1.807) is 0 Å². The van der Waals surface area contributed by atoms with E-state index in [-0.39, 0.29) is 0 Å². The molecule has 0 aliphatic carbocycles. The zero-order chi connectivity index (χ0) is 19.3. The molecule has 0 N–H and O–H groups in total. The van der Waals surface area contributed by atoms with E-state index in [4.69, 9.17) is 9.47 Å². The Kier molecular flexibility index (Phi) is 6.18. The largest absolute Gasteiger partial charge is 0.478 e. The van der Waals surface area contributed by atoms with E-state index >= 15 is 0 Å². The van der Waals surface area contributed by atoms with Crippen molar-refractivity contribution in [1.82, 2.24) is 9.80 Å². The van der Waals surface area contributed by atoms with E-state index in [2.05, 4.69) is 60.0 Å². The van der Waals surface area contributed by atoms with Gasteiger partial charge < -0.3 is 9.47 Å². The highest BCUT2D eigenvalue weighted by Gasteiger charge is 2.20. The van der Waals surface area contributed by atoms with Gasteiger partial charge in [0.2, 0.25) is 0 Å². The lowest BCUT2D eigenvalue weighted by Crippen LogP contribution is -2.32. The molecule has 0 atom stereocenters. The molecule has 0 saturated heterocycles. The maximum atomic E-state index is 5.97. The topological polar surface area (TPSA) is 24.9 Å². The van der Waals surface area contributed by atoms with Crippen LogP contribution >= 0.6 is 0 Å². The summed E-state index contributed by atoms with van der Waals surface area (Å²) in [6.45, 7) is 10.0. The van der Waals surface area contributed by atoms with Crippen LogP contribution in [0.25, 0.3) is 11.1 Å². The summed E-state index contributed by atoms with van der Waals surface area (Å²) in [4.78, 5) is 4.78. The molecule has 0 amide bonds. The fourth-order valence-electron chi connectivity index (χ4n) is 3.99. The van der Waals surface area contributed by atoms with Crippen molar-refractivity contribution in [3.8, 4) is 22.6 Å². The van der Waals surface area contributed by atoms with Gasteiger partial charge in [0, 0.05) is 37.3 Å². The highest BCUT2D eigenvalue weighted by Crippen LogP contribution is 2.34. The van der Waals surface area contributed by atoms with Crippen LogP contribution < -0.4 is 9.47 Å². The van der Waals surface area contributed by atoms with Crippen molar-refractivity contribution in [2.75, 3.05) is 26.6 Å². The van der Waals surface area contributed by atoms with Gasteiger partial charge in [-0.25, -0.2) is 0 Å². The molecule has 4 rings (SSSR count). The number of fused-ring (bicyclic) bond motifs is 2. The molecule has 0 spiro atoms. The van der Waals surface area contributed by atoms with Crippen molar-refractivity contribution in [3.05, 3.63) is 47.5 Å². The van der Waals surface area contributed by atoms with Crippen LogP contribution in [0.1, 0.15) is 50.7 Å². The van der Waals surface area contributed by atoms with Crippen LogP contribution in [0, 0.1) is 0 Å². The summed E-state index contributed by atoms with van der Waals surface area (Å²) in [5.74, 6) is 2.06. The predicted molar refractivity (Wildman–Crippen MR) is 114 cm³/mol. The number of hydrogen-bond donors (Lipinski definition) is 0. The minimum Gasteiger partial charge on any atom is -0.478 e. The summed E-state index contributed by atoms with van der Waals surface area (Å²) in [7, 11) is 0. The first-order valence-electron chi connectivity index (χ1n) is 10.7. The monoisotopic (exact) mass is 380 g/mol. The van der Waals surface area contributed by atoms with Gasteiger partial charge in [0.1, 0.15) is 25.0 Å². The van der Waals surface area contributed by atoms with Gasteiger partial charge in [-0.2, -0.15) is 0 Å². The Morgan fingerprint density at radius 2 is 1.18 bits per heavy atom. The molecule has 0 saturated carbocycles. The maximum absolute atomic E-state index is 5.97. The van der Waals surface area contributed by atoms with Gasteiger partial charge in [0.15, 0.2) is 0 Å². The molecule has 0 bridgehead atoms. The highest BCUT2D eigenvalue weighted by molar-refractivity contribution is 5.68. The lowest BCUT2D eigenvalue weighted by atomic mass is 9.99. The zero-order valence-corrected chi connectivity index (χ0v) is 17.2. The van der Waals surface area contributed by atoms with Crippen molar-refractivity contribution >= 4 is 0 Å². The summed E-state index contributed by atoms with van der Waals surface area (Å²) in [6.07, 6.45) is 4.88. The summed E-state index contributed by atoms with van der Waals surface area (Å²) in [6, 6.07) is 13.2. The molecule has 2 aromatic carbocycles. The van der Waals surface area contributed by atoms with Crippen LogP contribution in [0.4, 0.5) is 0 Å². The van der Waals surface area contributed by atoms with Gasteiger partial charge in [-0.1, -0.05) is 38.8 Å². The molecule has 2 aliphatic rings. The minimum atomic E-state index is 0.704. The SMILES string of the molecule is CCCCN1COc2ccc(-c3ccc4c(c3)CN(CCCC)CO4)cc2C1. The van der Waals surface area contributed by atoms with Crippen molar-refractivity contribution in [3.63, 3.8) is 0 Å². The van der Waals surface area contributed by atoms with Crippen LogP contribution in [0.3, 0.4) is 0 Å². The predicted octanol–water partition coefficient (Wildman–Crippen LogP) is 5.26. The molecule has 2 aromatic rings. The Morgan fingerprint density at radius 1 is 0.714 bits per heavy atom. The van der Waals surface area contributed by atoms with Crippen LogP contribution in [0.5, 0.6) is 11.5 Å². The van der Waals surface area contributed by atoms with Crippen LogP contribution in [-0.4, -0.2) is 36.4 Å². The first-order chi connectivity index (χ1) is 13.8. The summed E-state index contributed by atoms with van der Waals surface area (Å²) in [5.41, 5.74) is 5.10. The van der Waals surface area contributed by atoms with Crippen molar-refractivity contribution in [2.45, 2.75) is 52.6 Å². The molecular weight excluding hydrogens is 348 g/mol. The molecule has 4 nitrogen and oxygen atoms in total. The third kappa shape index (κ3) is 4.34. The Bertz CT molecular complexity index is 738. The number of rotatable bonds is 7. The van der Waals surface area contributed by atoms with E-state index in [0.29, 0.717) is 13.5 Å². The molecule has 0 aromatic heterocycles. The molecule has 2 aliphatic heterocycles. The molecule has 0 radical (unpaired) electrons. The average molecular weight is 381 g/mol. The molecular formula is C24H32N2O2. The zero-order valence-electron chi connectivity index (χ0n) is 17.2. The molecule has 0 unspecified atom stereocenters. The Balaban J connectivity index is 1.52. The second kappa shape index (κ2) is 8.97. The number of benzene rings is 2. The van der Waals surface area contributed by atoms with E-state index in [0.717, 1.165) is 37.7 Å². The number of ether oxygens (including phenoxy) is 2. The first-order valence-corrected chi connectivity index (χ1v) is 10.7. The van der Waals surface area contributed by atoms with E-state index in [1.807, 2.05) is 0 Å². The van der Waals surface area contributed by atoms with Crippen molar-refractivity contribution in [2.24, 2.45) is 0 Å². The Labute approximate surface area is 169 Å². The molecule has 28 heavy (non-hydrogen) atoms. The second-order valence-corrected chi connectivity index (χ2v) is 8.00. The lowest BCUT2D eigenvalue weighted by molar-refractivity contribution is 0.0939. The second-order valence-electron chi connectivity index (χ2n) is 8.00. The molecule has 0 fully saturated rings. The van der Waals surface area contributed by atoms with Gasteiger partial charge in [-0.3, -0.25) is 9.80 Å². The fraction of sp³-hybridized carbons (Fsp3) is 0.500. The quantitative estimate of drug-likeness (QED) is 0.654. The van der Waals surface area contributed by atoms with Crippen LogP contribution in [0.2, 0.25) is 0 Å². The van der Waals surface area contributed by atoms with E-state index < -0.39 is 0 Å². The van der Waals surface area contributed by atoms with Gasteiger partial charge in [0.05, 0.1) is 0 Å². The van der Waals surface area contributed by atoms with Crippen LogP contribution in [0.15, 0.2) is 36.4 Å². The van der Waals surface area contributed by atoms with E-state index in [9.17, 15) is 0 Å². The molecule has 2 heterocycles. The number of unbranched alkanes of at least 4 members (excludes halogenated alkanes) is 2.